The lowest BCUT2D eigenvalue weighted by atomic mass is 10.2. The summed E-state index contributed by atoms with van der Waals surface area (Å²) in [6.45, 7) is 7.51. The average molecular weight is 433 g/mol. The van der Waals surface area contributed by atoms with Crippen LogP contribution in [0, 0.1) is 0 Å². The molecule has 0 aromatic carbocycles. The molecule has 154 valence electrons. The smallest absolute Gasteiger partial charge is 0.227 e. The minimum absolute atomic E-state index is 0.0808. The van der Waals surface area contributed by atoms with E-state index in [1.807, 2.05) is 22.9 Å². The summed E-state index contributed by atoms with van der Waals surface area (Å²) in [6.07, 6.45) is 1.82. The van der Waals surface area contributed by atoms with Crippen LogP contribution in [0.2, 0.25) is 0 Å². The third-order valence-corrected chi connectivity index (χ3v) is 6.43. The van der Waals surface area contributed by atoms with Gasteiger partial charge in [-0.05, 0) is 24.4 Å². The Morgan fingerprint density at radius 1 is 1.21 bits per heavy atom. The Labute approximate surface area is 177 Å². The lowest BCUT2D eigenvalue weighted by Crippen LogP contribution is -2.46. The molecule has 8 nitrogen and oxygen atoms in total. The summed E-state index contributed by atoms with van der Waals surface area (Å²) in [4.78, 5) is 26.0. The summed E-state index contributed by atoms with van der Waals surface area (Å²) < 4.78 is 5.37. The number of thiophene rings is 1. The maximum absolute atomic E-state index is 11.1. The van der Waals surface area contributed by atoms with Gasteiger partial charge in [-0.2, -0.15) is 4.98 Å². The van der Waals surface area contributed by atoms with Crippen LogP contribution in [0.25, 0.3) is 10.7 Å². The van der Waals surface area contributed by atoms with Crippen LogP contribution in [-0.2, 0) is 17.8 Å². The highest BCUT2D eigenvalue weighted by atomic mass is 32.1. The minimum atomic E-state index is -0.0808. The third-order valence-electron chi connectivity index (χ3n) is 4.76. The zero-order valence-corrected chi connectivity index (χ0v) is 18.0. The number of anilines is 1. The van der Waals surface area contributed by atoms with Crippen LogP contribution in [0.1, 0.15) is 24.9 Å². The number of thiazole rings is 1. The highest BCUT2D eigenvalue weighted by molar-refractivity contribution is 7.14. The Hall–Kier alpha value is -2.14. The lowest BCUT2D eigenvalue weighted by Gasteiger charge is -2.34. The van der Waals surface area contributed by atoms with Gasteiger partial charge in [0, 0.05) is 51.4 Å². The number of carbonyl (C=O) groups is 1. The maximum atomic E-state index is 11.1. The second-order valence-corrected chi connectivity index (χ2v) is 8.84. The highest BCUT2D eigenvalue weighted by Gasteiger charge is 2.18. The van der Waals surface area contributed by atoms with E-state index in [-0.39, 0.29) is 5.91 Å². The molecule has 3 aromatic heterocycles. The molecule has 1 aliphatic heterocycles. The molecule has 0 radical (unpaired) electrons. The van der Waals surface area contributed by atoms with Crippen molar-refractivity contribution in [2.45, 2.75) is 26.3 Å². The zero-order valence-electron chi connectivity index (χ0n) is 16.3. The Morgan fingerprint density at radius 3 is 2.79 bits per heavy atom. The lowest BCUT2D eigenvalue weighted by molar-refractivity contribution is -0.114. The number of rotatable bonds is 8. The summed E-state index contributed by atoms with van der Waals surface area (Å²) >= 11 is 3.10. The molecule has 1 fully saturated rings. The number of amides is 1. The second kappa shape index (κ2) is 9.57. The molecule has 3 aromatic rings. The van der Waals surface area contributed by atoms with Gasteiger partial charge >= 0.3 is 0 Å². The molecule has 29 heavy (non-hydrogen) atoms. The number of carbonyl (C=O) groups excluding carboxylic acids is 1. The van der Waals surface area contributed by atoms with E-state index in [1.54, 1.807) is 11.3 Å². The van der Waals surface area contributed by atoms with Crippen molar-refractivity contribution >= 4 is 33.7 Å². The first kappa shape index (κ1) is 20.1. The molecule has 0 unspecified atom stereocenters. The first-order valence-corrected chi connectivity index (χ1v) is 11.4. The van der Waals surface area contributed by atoms with Crippen LogP contribution in [0.15, 0.2) is 27.4 Å². The Kier molecular flexibility index (Phi) is 6.65. The van der Waals surface area contributed by atoms with E-state index in [9.17, 15) is 4.79 Å². The van der Waals surface area contributed by atoms with Crippen molar-refractivity contribution in [2.75, 3.05) is 38.0 Å². The second-order valence-electron chi connectivity index (χ2n) is 7.04. The van der Waals surface area contributed by atoms with Crippen molar-refractivity contribution in [3.63, 3.8) is 0 Å². The quantitative estimate of drug-likeness (QED) is 0.585. The summed E-state index contributed by atoms with van der Waals surface area (Å²) in [5, 5.41) is 11.5. The van der Waals surface area contributed by atoms with Gasteiger partial charge in [-0.1, -0.05) is 11.2 Å². The number of hydrogen-bond donors (Lipinski definition) is 1. The van der Waals surface area contributed by atoms with Crippen molar-refractivity contribution in [1.82, 2.24) is 24.9 Å². The van der Waals surface area contributed by atoms with E-state index in [0.717, 1.165) is 62.7 Å². The molecule has 4 rings (SSSR count). The van der Waals surface area contributed by atoms with Crippen LogP contribution in [0.3, 0.4) is 0 Å². The number of piperazine rings is 1. The van der Waals surface area contributed by atoms with Crippen LogP contribution >= 0.6 is 22.7 Å². The SMILES string of the molecule is CC(=O)Nc1nc(CN2CCN(CCCc3nc(-c4cccs4)no3)CC2)cs1. The van der Waals surface area contributed by atoms with Crippen LogP contribution < -0.4 is 5.32 Å². The molecule has 1 aliphatic rings. The number of aromatic nitrogens is 3. The summed E-state index contributed by atoms with van der Waals surface area (Å²) in [6, 6.07) is 4.00. The minimum Gasteiger partial charge on any atom is -0.339 e. The van der Waals surface area contributed by atoms with Gasteiger partial charge in [-0.15, -0.1) is 22.7 Å². The van der Waals surface area contributed by atoms with Crippen molar-refractivity contribution in [2.24, 2.45) is 0 Å². The van der Waals surface area contributed by atoms with Gasteiger partial charge < -0.3 is 14.7 Å². The van der Waals surface area contributed by atoms with E-state index >= 15 is 0 Å². The van der Waals surface area contributed by atoms with Crippen LogP contribution in [0.4, 0.5) is 5.13 Å². The van der Waals surface area contributed by atoms with Gasteiger partial charge in [-0.3, -0.25) is 9.69 Å². The summed E-state index contributed by atoms with van der Waals surface area (Å²) in [5.41, 5.74) is 1.02. The van der Waals surface area contributed by atoms with E-state index < -0.39 is 0 Å². The van der Waals surface area contributed by atoms with Gasteiger partial charge in [0.1, 0.15) is 0 Å². The fraction of sp³-hybridized carbons (Fsp3) is 0.474. The fourth-order valence-corrected chi connectivity index (χ4v) is 4.70. The van der Waals surface area contributed by atoms with Crippen molar-refractivity contribution in [1.29, 1.82) is 0 Å². The monoisotopic (exact) mass is 432 g/mol. The largest absolute Gasteiger partial charge is 0.339 e. The first-order chi connectivity index (χ1) is 14.2. The number of nitrogens with zero attached hydrogens (tertiary/aromatic N) is 5. The first-order valence-electron chi connectivity index (χ1n) is 9.69. The van der Waals surface area contributed by atoms with Gasteiger partial charge in [0.25, 0.3) is 0 Å². The van der Waals surface area contributed by atoms with E-state index in [0.29, 0.717) is 16.8 Å². The molecular weight excluding hydrogens is 408 g/mol. The number of hydrogen-bond acceptors (Lipinski definition) is 9. The highest BCUT2D eigenvalue weighted by Crippen LogP contribution is 2.21. The molecule has 1 N–H and O–H groups in total. The van der Waals surface area contributed by atoms with Gasteiger partial charge in [-0.25, -0.2) is 4.98 Å². The third kappa shape index (κ3) is 5.69. The molecule has 0 aliphatic carbocycles. The predicted molar refractivity (Wildman–Crippen MR) is 114 cm³/mol. The molecule has 1 saturated heterocycles. The van der Waals surface area contributed by atoms with Crippen LogP contribution in [0.5, 0.6) is 0 Å². The molecule has 4 heterocycles. The van der Waals surface area contributed by atoms with Crippen molar-refractivity contribution in [3.8, 4) is 10.7 Å². The Bertz CT molecular complexity index is 915. The Morgan fingerprint density at radius 2 is 2.03 bits per heavy atom. The average Bonchev–Trinajstić information content (AvgIpc) is 3.44. The van der Waals surface area contributed by atoms with Crippen LogP contribution in [-0.4, -0.2) is 63.6 Å². The summed E-state index contributed by atoms with van der Waals surface area (Å²) in [5.74, 6) is 1.32. The molecule has 0 bridgehead atoms. The molecule has 0 spiro atoms. The molecule has 0 atom stereocenters. The van der Waals surface area contributed by atoms with E-state index in [4.69, 9.17) is 4.52 Å². The topological polar surface area (TPSA) is 87.4 Å². The maximum Gasteiger partial charge on any atom is 0.227 e. The van der Waals surface area contributed by atoms with E-state index in [1.165, 1.54) is 18.3 Å². The summed E-state index contributed by atoms with van der Waals surface area (Å²) in [7, 11) is 0. The molecule has 10 heteroatoms. The Balaban J connectivity index is 1.16. The molecule has 0 saturated carbocycles. The van der Waals surface area contributed by atoms with Crippen molar-refractivity contribution in [3.05, 3.63) is 34.5 Å². The van der Waals surface area contributed by atoms with Crippen molar-refractivity contribution < 1.29 is 9.32 Å². The van der Waals surface area contributed by atoms with Gasteiger partial charge in [0.05, 0.1) is 10.6 Å². The molecular formula is C19H24N6O2S2. The standard InChI is InChI=1S/C19H24N6O2S2/c1-14(26)20-19-21-15(13-29-19)12-25-9-7-24(8-10-25)6-2-5-17-22-18(23-27-17)16-4-3-11-28-16/h3-4,11,13H,2,5-10,12H2,1H3,(H,20,21,26). The normalized spacial score (nSPS) is 15.6. The fourth-order valence-electron chi connectivity index (χ4n) is 3.30. The zero-order chi connectivity index (χ0) is 20.1. The van der Waals surface area contributed by atoms with Gasteiger partial charge in [0.15, 0.2) is 5.13 Å². The van der Waals surface area contributed by atoms with E-state index in [2.05, 4.69) is 30.2 Å². The number of nitrogens with one attached hydrogen (secondary N) is 1. The number of aryl methyl sites for hydroxylation is 1. The predicted octanol–water partition coefficient (Wildman–Crippen LogP) is 2.96. The van der Waals surface area contributed by atoms with Gasteiger partial charge in [0.2, 0.25) is 17.6 Å². The molecule has 1 amide bonds.